The molecule has 6 nitrogen and oxygen atoms in total. The first-order valence-electron chi connectivity index (χ1n) is 6.35. The van der Waals surface area contributed by atoms with Crippen LogP contribution in [-0.4, -0.2) is 37.1 Å². The van der Waals surface area contributed by atoms with Crippen LogP contribution < -0.4 is 16.4 Å². The standard InChI is InChI=1S/C12H22N4O2S/c1-8(2)4-6-18-7-5-15-12-9(11(17)14-3)10(13)16-19-12/h8,15H,4-7H2,1-3H3,(H2,13,16)(H,14,17). The largest absolute Gasteiger partial charge is 0.382 e. The molecule has 19 heavy (non-hydrogen) atoms. The number of hydrogen-bond acceptors (Lipinski definition) is 6. The van der Waals surface area contributed by atoms with Crippen molar-refractivity contribution in [2.24, 2.45) is 5.92 Å². The fourth-order valence-corrected chi connectivity index (χ4v) is 2.16. The molecule has 0 atom stereocenters. The molecule has 7 heteroatoms. The van der Waals surface area contributed by atoms with Crippen LogP contribution in [0.25, 0.3) is 0 Å². The van der Waals surface area contributed by atoms with Crippen LogP contribution in [0.1, 0.15) is 30.6 Å². The van der Waals surface area contributed by atoms with Gasteiger partial charge in [0.25, 0.3) is 5.91 Å². The maximum atomic E-state index is 11.6. The summed E-state index contributed by atoms with van der Waals surface area (Å²) in [5.74, 6) is 0.677. The van der Waals surface area contributed by atoms with E-state index in [1.807, 2.05) is 0 Å². The Kier molecular flexibility index (Phi) is 6.58. The Morgan fingerprint density at radius 1 is 1.47 bits per heavy atom. The Morgan fingerprint density at radius 3 is 2.84 bits per heavy atom. The van der Waals surface area contributed by atoms with Crippen LogP contribution in [0.3, 0.4) is 0 Å². The molecule has 0 radical (unpaired) electrons. The zero-order valence-corrected chi connectivity index (χ0v) is 12.5. The van der Waals surface area contributed by atoms with Crippen LogP contribution in [-0.2, 0) is 4.74 Å². The van der Waals surface area contributed by atoms with Crippen molar-refractivity contribution in [3.05, 3.63) is 5.56 Å². The highest BCUT2D eigenvalue weighted by Gasteiger charge is 2.17. The van der Waals surface area contributed by atoms with Crippen molar-refractivity contribution in [1.82, 2.24) is 9.69 Å². The molecule has 1 amide bonds. The average Bonchev–Trinajstić information content (AvgIpc) is 2.73. The third-order valence-corrected chi connectivity index (χ3v) is 3.36. The maximum Gasteiger partial charge on any atom is 0.257 e. The summed E-state index contributed by atoms with van der Waals surface area (Å²) in [6.07, 6.45) is 1.05. The number of aromatic nitrogens is 1. The predicted molar refractivity (Wildman–Crippen MR) is 78.7 cm³/mol. The van der Waals surface area contributed by atoms with Crippen molar-refractivity contribution >= 4 is 28.3 Å². The van der Waals surface area contributed by atoms with Gasteiger partial charge in [-0.15, -0.1) is 0 Å². The highest BCUT2D eigenvalue weighted by Crippen LogP contribution is 2.26. The van der Waals surface area contributed by atoms with Crippen molar-refractivity contribution < 1.29 is 9.53 Å². The van der Waals surface area contributed by atoms with E-state index in [-0.39, 0.29) is 11.7 Å². The predicted octanol–water partition coefficient (Wildman–Crippen LogP) is 1.56. The van der Waals surface area contributed by atoms with E-state index in [0.717, 1.165) is 13.0 Å². The van der Waals surface area contributed by atoms with Crippen molar-refractivity contribution in [2.45, 2.75) is 20.3 Å². The SMILES string of the molecule is CNC(=O)c1c(N)nsc1NCCOCCC(C)C. The second kappa shape index (κ2) is 7.96. The van der Waals surface area contributed by atoms with Gasteiger partial charge < -0.3 is 21.1 Å². The number of nitrogens with zero attached hydrogens (tertiary/aromatic N) is 1. The van der Waals surface area contributed by atoms with Gasteiger partial charge in [0.1, 0.15) is 10.6 Å². The summed E-state index contributed by atoms with van der Waals surface area (Å²) >= 11 is 1.19. The van der Waals surface area contributed by atoms with Crippen LogP contribution in [0.5, 0.6) is 0 Å². The van der Waals surface area contributed by atoms with Crippen LogP contribution in [0.4, 0.5) is 10.8 Å². The van der Waals surface area contributed by atoms with Gasteiger partial charge in [-0.2, -0.15) is 4.37 Å². The van der Waals surface area contributed by atoms with E-state index in [2.05, 4.69) is 28.9 Å². The van der Waals surface area contributed by atoms with Gasteiger partial charge in [0, 0.05) is 20.2 Å². The minimum absolute atomic E-state index is 0.227. The summed E-state index contributed by atoms with van der Waals surface area (Å²) in [7, 11) is 1.57. The van der Waals surface area contributed by atoms with E-state index in [0.29, 0.717) is 29.6 Å². The lowest BCUT2D eigenvalue weighted by Crippen LogP contribution is -2.20. The number of nitrogen functional groups attached to an aromatic ring is 1. The number of hydrogen-bond donors (Lipinski definition) is 3. The minimum atomic E-state index is -0.227. The fourth-order valence-electron chi connectivity index (χ4n) is 1.43. The highest BCUT2D eigenvalue weighted by molar-refractivity contribution is 7.11. The number of nitrogens with one attached hydrogen (secondary N) is 2. The molecule has 0 saturated carbocycles. The summed E-state index contributed by atoms with van der Waals surface area (Å²) in [6.45, 7) is 6.31. The summed E-state index contributed by atoms with van der Waals surface area (Å²) < 4.78 is 9.47. The second-order valence-electron chi connectivity index (χ2n) is 4.57. The van der Waals surface area contributed by atoms with E-state index < -0.39 is 0 Å². The first-order chi connectivity index (χ1) is 9.06. The second-order valence-corrected chi connectivity index (χ2v) is 5.35. The Labute approximate surface area is 117 Å². The molecule has 0 aliphatic carbocycles. The van der Waals surface area contributed by atoms with Crippen molar-refractivity contribution in [3.8, 4) is 0 Å². The van der Waals surface area contributed by atoms with Gasteiger partial charge in [-0.3, -0.25) is 4.79 Å². The lowest BCUT2D eigenvalue weighted by molar-refractivity contribution is 0.0964. The number of carbonyl (C=O) groups excluding carboxylic acids is 1. The third-order valence-electron chi connectivity index (χ3n) is 2.54. The molecule has 0 aliphatic rings. The Bertz CT molecular complexity index is 406. The van der Waals surface area contributed by atoms with Gasteiger partial charge >= 0.3 is 0 Å². The summed E-state index contributed by atoms with van der Waals surface area (Å²) in [6, 6.07) is 0. The number of amides is 1. The van der Waals surface area contributed by atoms with Crippen molar-refractivity contribution in [3.63, 3.8) is 0 Å². The first kappa shape index (κ1) is 15.7. The first-order valence-corrected chi connectivity index (χ1v) is 7.12. The molecule has 1 aromatic heterocycles. The molecule has 1 aromatic rings. The third kappa shape index (κ3) is 5.04. The molecule has 0 aromatic carbocycles. The molecule has 0 fully saturated rings. The maximum absolute atomic E-state index is 11.6. The van der Waals surface area contributed by atoms with Gasteiger partial charge in [-0.05, 0) is 23.9 Å². The van der Waals surface area contributed by atoms with Crippen LogP contribution in [0, 0.1) is 5.92 Å². The molecule has 4 N–H and O–H groups in total. The van der Waals surface area contributed by atoms with E-state index in [1.165, 1.54) is 11.5 Å². The van der Waals surface area contributed by atoms with E-state index in [4.69, 9.17) is 10.5 Å². The van der Waals surface area contributed by atoms with Crippen molar-refractivity contribution in [2.75, 3.05) is 37.9 Å². The molecule has 0 saturated heterocycles. The quantitative estimate of drug-likeness (QED) is 0.631. The van der Waals surface area contributed by atoms with Gasteiger partial charge in [0.15, 0.2) is 5.82 Å². The Morgan fingerprint density at radius 2 is 2.21 bits per heavy atom. The smallest absolute Gasteiger partial charge is 0.257 e. The molecule has 1 heterocycles. The zero-order valence-electron chi connectivity index (χ0n) is 11.7. The Balaban J connectivity index is 2.35. The highest BCUT2D eigenvalue weighted by atomic mass is 32.1. The fraction of sp³-hybridized carbons (Fsp3) is 0.667. The van der Waals surface area contributed by atoms with E-state index in [1.54, 1.807) is 7.05 Å². The number of rotatable bonds is 8. The van der Waals surface area contributed by atoms with E-state index >= 15 is 0 Å². The molecule has 0 aliphatic heterocycles. The van der Waals surface area contributed by atoms with Crippen LogP contribution in [0.2, 0.25) is 0 Å². The molecule has 1 rings (SSSR count). The number of nitrogens with two attached hydrogens (primary N) is 1. The summed E-state index contributed by atoms with van der Waals surface area (Å²) in [5, 5.41) is 6.36. The summed E-state index contributed by atoms with van der Waals surface area (Å²) in [5.41, 5.74) is 6.08. The molecule has 0 bridgehead atoms. The lowest BCUT2D eigenvalue weighted by atomic mass is 10.1. The van der Waals surface area contributed by atoms with Gasteiger partial charge in [-0.1, -0.05) is 13.8 Å². The molecule has 0 spiro atoms. The monoisotopic (exact) mass is 286 g/mol. The number of carbonyl (C=O) groups is 1. The average molecular weight is 286 g/mol. The molecule has 108 valence electrons. The lowest BCUT2D eigenvalue weighted by Gasteiger charge is -2.08. The minimum Gasteiger partial charge on any atom is -0.382 e. The molecular formula is C12H22N4O2S. The normalized spacial score (nSPS) is 10.7. The van der Waals surface area contributed by atoms with Gasteiger partial charge in [-0.25, -0.2) is 0 Å². The number of anilines is 2. The summed E-state index contributed by atoms with van der Waals surface area (Å²) in [4.78, 5) is 11.6. The Hall–Kier alpha value is -1.34. The van der Waals surface area contributed by atoms with E-state index in [9.17, 15) is 4.79 Å². The topological polar surface area (TPSA) is 89.3 Å². The van der Waals surface area contributed by atoms with Gasteiger partial charge in [0.2, 0.25) is 0 Å². The number of ether oxygens (including phenoxy) is 1. The zero-order chi connectivity index (χ0) is 14.3. The molecular weight excluding hydrogens is 264 g/mol. The van der Waals surface area contributed by atoms with Crippen LogP contribution >= 0.6 is 11.5 Å². The van der Waals surface area contributed by atoms with Crippen molar-refractivity contribution in [1.29, 1.82) is 0 Å². The molecule has 0 unspecified atom stereocenters. The van der Waals surface area contributed by atoms with Crippen LogP contribution in [0.15, 0.2) is 0 Å². The van der Waals surface area contributed by atoms with Gasteiger partial charge in [0.05, 0.1) is 6.61 Å².